The Balaban J connectivity index is 1.06. The molecule has 1 aromatic heterocycles. The molecule has 0 atom stereocenters. The number of fused-ring (bicyclic) bond motifs is 10. The molecule has 0 aliphatic carbocycles. The lowest BCUT2D eigenvalue weighted by Gasteiger charge is -2.26. The van der Waals surface area contributed by atoms with Crippen LogP contribution in [0.2, 0.25) is 0 Å². The Morgan fingerprint density at radius 3 is 1.61 bits per heavy atom. The van der Waals surface area contributed by atoms with E-state index in [9.17, 15) is 0 Å². The van der Waals surface area contributed by atoms with Crippen molar-refractivity contribution < 1.29 is 0 Å². The summed E-state index contributed by atoms with van der Waals surface area (Å²) >= 11 is 1.86. The average molecular weight is 704 g/mol. The highest BCUT2D eigenvalue weighted by atomic mass is 32.1. The second kappa shape index (κ2) is 12.4. The largest absolute Gasteiger partial charge is 0.310 e. The van der Waals surface area contributed by atoms with Gasteiger partial charge >= 0.3 is 0 Å². The molecule has 0 bridgehead atoms. The monoisotopic (exact) mass is 703 g/mol. The van der Waals surface area contributed by atoms with E-state index in [0.29, 0.717) is 0 Å². The number of anilines is 3. The molecule has 1 heterocycles. The zero-order chi connectivity index (χ0) is 35.6. The van der Waals surface area contributed by atoms with E-state index in [1.807, 2.05) is 11.3 Å². The van der Waals surface area contributed by atoms with Crippen molar-refractivity contribution in [1.82, 2.24) is 0 Å². The van der Waals surface area contributed by atoms with Crippen LogP contribution in [-0.2, 0) is 0 Å². The van der Waals surface area contributed by atoms with Gasteiger partial charge in [-0.15, -0.1) is 11.3 Å². The molecule has 10 aromatic carbocycles. The summed E-state index contributed by atoms with van der Waals surface area (Å²) in [6.07, 6.45) is 0. The predicted molar refractivity (Wildman–Crippen MR) is 235 cm³/mol. The molecule has 1 nitrogen and oxygen atoms in total. The average Bonchev–Trinajstić information content (AvgIpc) is 3.62. The lowest BCUT2D eigenvalue weighted by Crippen LogP contribution is -2.09. The van der Waals surface area contributed by atoms with Crippen molar-refractivity contribution in [3.63, 3.8) is 0 Å². The van der Waals surface area contributed by atoms with E-state index in [1.54, 1.807) is 0 Å². The van der Waals surface area contributed by atoms with Gasteiger partial charge in [-0.3, -0.25) is 0 Å². The van der Waals surface area contributed by atoms with E-state index in [-0.39, 0.29) is 0 Å². The number of hydrogen-bond acceptors (Lipinski definition) is 2. The highest BCUT2D eigenvalue weighted by Crippen LogP contribution is 2.44. The highest BCUT2D eigenvalue weighted by molar-refractivity contribution is 7.25. The van der Waals surface area contributed by atoms with Gasteiger partial charge in [0.1, 0.15) is 0 Å². The first kappa shape index (κ1) is 30.8. The third-order valence-electron chi connectivity index (χ3n) is 11.0. The molecule has 0 N–H and O–H groups in total. The molecular formula is C52H33NS. The summed E-state index contributed by atoms with van der Waals surface area (Å²) in [5.41, 5.74) is 8.26. The second-order valence-electron chi connectivity index (χ2n) is 14.1. The van der Waals surface area contributed by atoms with Gasteiger partial charge in [0.25, 0.3) is 0 Å². The molecule has 11 rings (SSSR count). The Labute approximate surface area is 317 Å². The van der Waals surface area contributed by atoms with E-state index in [0.717, 1.165) is 17.1 Å². The third kappa shape index (κ3) is 4.99. The quantitative estimate of drug-likeness (QED) is 0.161. The van der Waals surface area contributed by atoms with Crippen molar-refractivity contribution in [2.45, 2.75) is 0 Å². The SMILES string of the molecule is c1ccc(-c2ccc(N(c3ccc(-c4cc5ccc6ccc7ccccc7c6c5c5ccccc45)cc3)c3ccc4c(c3)sc3ccccc34)cc2)cc1. The second-order valence-corrected chi connectivity index (χ2v) is 15.2. The van der Waals surface area contributed by atoms with Crippen LogP contribution in [0.4, 0.5) is 17.1 Å². The maximum atomic E-state index is 2.39. The summed E-state index contributed by atoms with van der Waals surface area (Å²) in [5, 5.41) is 12.9. The Bertz CT molecular complexity index is 3190. The van der Waals surface area contributed by atoms with Crippen molar-refractivity contribution in [1.29, 1.82) is 0 Å². The van der Waals surface area contributed by atoms with Gasteiger partial charge in [-0.05, 0) is 114 Å². The van der Waals surface area contributed by atoms with Crippen LogP contribution in [0.3, 0.4) is 0 Å². The fraction of sp³-hybridized carbons (Fsp3) is 0. The van der Waals surface area contributed by atoms with Gasteiger partial charge in [0.2, 0.25) is 0 Å². The molecule has 54 heavy (non-hydrogen) atoms. The van der Waals surface area contributed by atoms with Crippen LogP contribution in [0.1, 0.15) is 0 Å². The molecule has 0 unspecified atom stereocenters. The molecule has 2 heteroatoms. The van der Waals surface area contributed by atoms with Crippen LogP contribution >= 0.6 is 11.3 Å². The summed E-state index contributed by atoms with van der Waals surface area (Å²) < 4.78 is 2.61. The van der Waals surface area contributed by atoms with E-state index in [1.165, 1.54) is 85.5 Å². The zero-order valence-electron chi connectivity index (χ0n) is 29.4. The van der Waals surface area contributed by atoms with E-state index in [4.69, 9.17) is 0 Å². The Morgan fingerprint density at radius 2 is 0.833 bits per heavy atom. The summed E-state index contributed by atoms with van der Waals surface area (Å²) in [6.45, 7) is 0. The molecule has 0 radical (unpaired) electrons. The first-order valence-electron chi connectivity index (χ1n) is 18.5. The normalized spacial score (nSPS) is 11.7. The minimum absolute atomic E-state index is 1.12. The van der Waals surface area contributed by atoms with Gasteiger partial charge in [-0.2, -0.15) is 0 Å². The van der Waals surface area contributed by atoms with Crippen molar-refractivity contribution in [3.05, 3.63) is 200 Å². The van der Waals surface area contributed by atoms with Gasteiger partial charge in [0, 0.05) is 37.2 Å². The van der Waals surface area contributed by atoms with E-state index in [2.05, 4.69) is 205 Å². The minimum atomic E-state index is 1.12. The summed E-state index contributed by atoms with van der Waals surface area (Å²) in [6, 6.07) is 73.5. The maximum absolute atomic E-state index is 2.39. The molecule has 0 fully saturated rings. The fourth-order valence-electron chi connectivity index (χ4n) is 8.46. The van der Waals surface area contributed by atoms with Gasteiger partial charge in [-0.1, -0.05) is 152 Å². The molecule has 11 aromatic rings. The van der Waals surface area contributed by atoms with Crippen LogP contribution in [0.25, 0.3) is 85.5 Å². The van der Waals surface area contributed by atoms with Gasteiger partial charge < -0.3 is 4.90 Å². The number of hydrogen-bond donors (Lipinski definition) is 0. The molecule has 0 amide bonds. The van der Waals surface area contributed by atoms with Gasteiger partial charge in [0.15, 0.2) is 0 Å². The van der Waals surface area contributed by atoms with Gasteiger partial charge in [-0.25, -0.2) is 0 Å². The number of nitrogens with zero attached hydrogens (tertiary/aromatic N) is 1. The van der Waals surface area contributed by atoms with Crippen LogP contribution in [-0.4, -0.2) is 0 Å². The third-order valence-corrected chi connectivity index (χ3v) is 12.2. The van der Waals surface area contributed by atoms with Crippen molar-refractivity contribution in [2.75, 3.05) is 4.90 Å². The predicted octanol–water partition coefficient (Wildman–Crippen LogP) is 15.5. The summed E-state index contributed by atoms with van der Waals surface area (Å²) in [7, 11) is 0. The molecule has 0 aliphatic heterocycles. The van der Waals surface area contributed by atoms with Crippen LogP contribution < -0.4 is 4.90 Å². The molecule has 0 saturated carbocycles. The van der Waals surface area contributed by atoms with Crippen molar-refractivity contribution in [2.24, 2.45) is 0 Å². The molecule has 0 aliphatic rings. The van der Waals surface area contributed by atoms with Crippen LogP contribution in [0, 0.1) is 0 Å². The molecule has 0 saturated heterocycles. The molecule has 0 spiro atoms. The minimum Gasteiger partial charge on any atom is -0.310 e. The first-order valence-corrected chi connectivity index (χ1v) is 19.3. The first-order chi connectivity index (χ1) is 26.8. The summed E-state index contributed by atoms with van der Waals surface area (Å²) in [4.78, 5) is 2.39. The van der Waals surface area contributed by atoms with Crippen molar-refractivity contribution in [3.8, 4) is 22.3 Å². The number of thiophene rings is 1. The smallest absolute Gasteiger partial charge is 0.0476 e. The fourth-order valence-corrected chi connectivity index (χ4v) is 9.60. The summed E-state index contributed by atoms with van der Waals surface area (Å²) in [5.74, 6) is 0. The zero-order valence-corrected chi connectivity index (χ0v) is 30.2. The topological polar surface area (TPSA) is 3.24 Å². The Kier molecular flexibility index (Phi) is 7.11. The van der Waals surface area contributed by atoms with Gasteiger partial charge in [0.05, 0.1) is 0 Å². The maximum Gasteiger partial charge on any atom is 0.0476 e. The number of benzene rings is 10. The highest BCUT2D eigenvalue weighted by Gasteiger charge is 2.17. The van der Waals surface area contributed by atoms with E-state index < -0.39 is 0 Å². The number of rotatable bonds is 5. The van der Waals surface area contributed by atoms with Crippen LogP contribution in [0.5, 0.6) is 0 Å². The standard InChI is InChI=1S/C52H33NS/c1-2-10-34(11-3-1)35-22-26-40(27-23-35)53(42-30-31-46-45-15-8-9-17-49(45)54-50(46)33-42)41-28-24-37(25-29-41)48-32-39-21-20-38-19-18-36-12-4-5-13-43(36)51(38)52(39)47-16-7-6-14-44(47)48/h1-33H. The lowest BCUT2D eigenvalue weighted by atomic mass is 9.89. The Hall–Kier alpha value is -6.74. The van der Waals surface area contributed by atoms with E-state index >= 15 is 0 Å². The van der Waals surface area contributed by atoms with Crippen molar-refractivity contribution >= 4 is 91.7 Å². The lowest BCUT2D eigenvalue weighted by molar-refractivity contribution is 1.29. The molecular weight excluding hydrogens is 671 g/mol. The Morgan fingerprint density at radius 1 is 0.296 bits per heavy atom. The molecule has 252 valence electrons. The van der Waals surface area contributed by atoms with Crippen LogP contribution in [0.15, 0.2) is 200 Å².